The number of methoxy groups -OCH3 is 1. The van der Waals surface area contributed by atoms with Crippen molar-refractivity contribution in [2.45, 2.75) is 36.1 Å². The number of nitrogens with zero attached hydrogens (tertiary/aromatic N) is 1. The largest absolute Gasteiger partial charge is 0.476 e. The normalized spacial score (nSPS) is 17.2. The maximum absolute atomic E-state index is 12.5. The first-order valence-corrected chi connectivity index (χ1v) is 8.10. The van der Waals surface area contributed by atoms with Crippen molar-refractivity contribution in [1.29, 1.82) is 0 Å². The van der Waals surface area contributed by atoms with Gasteiger partial charge in [-0.05, 0) is 37.8 Å². The minimum absolute atomic E-state index is 0.304. The second-order valence-electron chi connectivity index (χ2n) is 5.14. The minimum atomic E-state index is -3.93. The lowest BCUT2D eigenvalue weighted by molar-refractivity contribution is 0.0685. The number of nitrogens with one attached hydrogen (secondary N) is 1. The van der Waals surface area contributed by atoms with Crippen LogP contribution in [0.3, 0.4) is 0 Å². The van der Waals surface area contributed by atoms with Gasteiger partial charge in [-0.3, -0.25) is 0 Å². The lowest BCUT2D eigenvalue weighted by Crippen LogP contribution is -2.54. The Labute approximate surface area is 123 Å². The number of hydrogen-bond acceptors (Lipinski definition) is 5. The zero-order chi connectivity index (χ0) is 15.5. The Bertz CT molecular complexity index is 625. The van der Waals surface area contributed by atoms with E-state index in [0.717, 1.165) is 19.3 Å². The quantitative estimate of drug-likeness (QED) is 0.778. The number of hydrogen-bond donors (Lipinski definition) is 2. The van der Waals surface area contributed by atoms with Gasteiger partial charge in [0.2, 0.25) is 10.0 Å². The van der Waals surface area contributed by atoms with Crippen LogP contribution in [0.5, 0.6) is 0 Å². The average Bonchev–Trinajstić information content (AvgIpc) is 2.41. The molecule has 116 valence electrons. The minimum Gasteiger partial charge on any atom is -0.476 e. The maximum atomic E-state index is 12.5. The molecular weight excluding hydrogens is 296 g/mol. The summed E-state index contributed by atoms with van der Waals surface area (Å²) in [6.45, 7) is 0.446. The molecule has 0 aliphatic heterocycles. The SMILES string of the molecule is COCCC1(NS(=O)(=O)c2cccnc2C(=O)O)CCC1. The van der Waals surface area contributed by atoms with E-state index in [2.05, 4.69) is 9.71 Å². The highest BCUT2D eigenvalue weighted by atomic mass is 32.2. The highest BCUT2D eigenvalue weighted by molar-refractivity contribution is 7.89. The fourth-order valence-electron chi connectivity index (χ4n) is 2.41. The van der Waals surface area contributed by atoms with E-state index in [4.69, 9.17) is 9.84 Å². The number of pyridine rings is 1. The van der Waals surface area contributed by atoms with Gasteiger partial charge in [0.25, 0.3) is 0 Å². The van der Waals surface area contributed by atoms with Crippen LogP contribution in [0.25, 0.3) is 0 Å². The van der Waals surface area contributed by atoms with Crippen molar-refractivity contribution < 1.29 is 23.1 Å². The van der Waals surface area contributed by atoms with Gasteiger partial charge in [-0.25, -0.2) is 22.9 Å². The summed E-state index contributed by atoms with van der Waals surface area (Å²) in [6, 6.07) is 2.66. The molecule has 1 fully saturated rings. The highest BCUT2D eigenvalue weighted by Gasteiger charge is 2.41. The molecule has 7 nitrogen and oxygen atoms in total. The molecule has 0 unspecified atom stereocenters. The Hall–Kier alpha value is -1.51. The van der Waals surface area contributed by atoms with Crippen molar-refractivity contribution in [3.63, 3.8) is 0 Å². The molecule has 0 bridgehead atoms. The smallest absolute Gasteiger partial charge is 0.355 e. The van der Waals surface area contributed by atoms with Gasteiger partial charge in [0.15, 0.2) is 5.69 Å². The van der Waals surface area contributed by atoms with Gasteiger partial charge >= 0.3 is 5.97 Å². The summed E-state index contributed by atoms with van der Waals surface area (Å²) in [4.78, 5) is 14.4. The van der Waals surface area contributed by atoms with Gasteiger partial charge in [-0.15, -0.1) is 0 Å². The van der Waals surface area contributed by atoms with E-state index < -0.39 is 27.2 Å². The summed E-state index contributed by atoms with van der Waals surface area (Å²) in [5.41, 5.74) is -1.01. The Balaban J connectivity index is 2.28. The van der Waals surface area contributed by atoms with Gasteiger partial charge in [-0.1, -0.05) is 0 Å². The first-order chi connectivity index (χ1) is 9.90. The molecule has 0 spiro atoms. The number of aromatic nitrogens is 1. The van der Waals surface area contributed by atoms with Crippen LogP contribution >= 0.6 is 0 Å². The molecule has 0 aromatic carbocycles. The van der Waals surface area contributed by atoms with Crippen molar-refractivity contribution in [2.24, 2.45) is 0 Å². The van der Waals surface area contributed by atoms with Crippen LogP contribution in [0, 0.1) is 0 Å². The monoisotopic (exact) mass is 314 g/mol. The second-order valence-corrected chi connectivity index (χ2v) is 6.79. The van der Waals surface area contributed by atoms with Crippen molar-refractivity contribution >= 4 is 16.0 Å². The molecule has 1 heterocycles. The first kappa shape index (κ1) is 15.9. The van der Waals surface area contributed by atoms with Crippen LogP contribution in [0.2, 0.25) is 0 Å². The van der Waals surface area contributed by atoms with Crippen LogP contribution in [0.15, 0.2) is 23.2 Å². The molecule has 0 saturated heterocycles. The molecule has 8 heteroatoms. The molecule has 1 aromatic rings. The fourth-order valence-corrected chi connectivity index (χ4v) is 4.05. The van der Waals surface area contributed by atoms with E-state index in [0.29, 0.717) is 13.0 Å². The summed E-state index contributed by atoms with van der Waals surface area (Å²) < 4.78 is 32.6. The fraction of sp³-hybridized carbons (Fsp3) is 0.538. The third-order valence-electron chi connectivity index (χ3n) is 3.71. The van der Waals surface area contributed by atoms with E-state index in [9.17, 15) is 13.2 Å². The van der Waals surface area contributed by atoms with E-state index in [1.54, 1.807) is 7.11 Å². The third kappa shape index (κ3) is 3.39. The summed E-state index contributed by atoms with van der Waals surface area (Å²) in [5, 5.41) is 9.07. The maximum Gasteiger partial charge on any atom is 0.355 e. The third-order valence-corrected chi connectivity index (χ3v) is 5.32. The van der Waals surface area contributed by atoms with Gasteiger partial charge in [0.1, 0.15) is 4.90 Å². The number of ether oxygens (including phenoxy) is 1. The summed E-state index contributed by atoms with van der Waals surface area (Å²) in [6.07, 6.45) is 4.19. The van der Waals surface area contributed by atoms with Gasteiger partial charge in [0.05, 0.1) is 0 Å². The predicted molar refractivity (Wildman–Crippen MR) is 74.6 cm³/mol. The number of carbonyl (C=O) groups is 1. The average molecular weight is 314 g/mol. The number of carboxylic acid groups (broad SMARTS) is 1. The van der Waals surface area contributed by atoms with E-state index >= 15 is 0 Å². The highest BCUT2D eigenvalue weighted by Crippen LogP contribution is 2.36. The first-order valence-electron chi connectivity index (χ1n) is 6.61. The van der Waals surface area contributed by atoms with Crippen molar-refractivity contribution in [3.8, 4) is 0 Å². The van der Waals surface area contributed by atoms with E-state index in [1.807, 2.05) is 0 Å². The molecular formula is C13H18N2O5S. The Morgan fingerprint density at radius 3 is 2.76 bits per heavy atom. The molecule has 1 aliphatic carbocycles. The Morgan fingerprint density at radius 1 is 1.52 bits per heavy atom. The van der Waals surface area contributed by atoms with Gasteiger partial charge < -0.3 is 9.84 Å². The zero-order valence-electron chi connectivity index (χ0n) is 11.7. The lowest BCUT2D eigenvalue weighted by Gasteiger charge is -2.42. The molecule has 2 rings (SSSR count). The van der Waals surface area contributed by atoms with Crippen LogP contribution in [-0.2, 0) is 14.8 Å². The van der Waals surface area contributed by atoms with Crippen LogP contribution in [0.4, 0.5) is 0 Å². The molecule has 0 radical (unpaired) electrons. The molecule has 0 amide bonds. The molecule has 1 saturated carbocycles. The zero-order valence-corrected chi connectivity index (χ0v) is 12.5. The number of rotatable bonds is 7. The van der Waals surface area contributed by atoms with Crippen molar-refractivity contribution in [1.82, 2.24) is 9.71 Å². The summed E-state index contributed by atoms with van der Waals surface area (Å²) >= 11 is 0. The van der Waals surface area contributed by atoms with Crippen LogP contribution in [-0.4, -0.2) is 43.7 Å². The molecule has 1 aliphatic rings. The van der Waals surface area contributed by atoms with Gasteiger partial charge in [0, 0.05) is 25.5 Å². The van der Waals surface area contributed by atoms with E-state index in [-0.39, 0.29) is 4.90 Å². The van der Waals surface area contributed by atoms with Crippen LogP contribution < -0.4 is 4.72 Å². The van der Waals surface area contributed by atoms with Crippen molar-refractivity contribution in [2.75, 3.05) is 13.7 Å². The topological polar surface area (TPSA) is 106 Å². The van der Waals surface area contributed by atoms with Crippen LogP contribution in [0.1, 0.15) is 36.2 Å². The standard InChI is InChI=1S/C13H18N2O5S/c1-20-9-7-13(5-3-6-13)15-21(18,19)10-4-2-8-14-11(10)12(16)17/h2,4,8,15H,3,5-7,9H2,1H3,(H,16,17). The van der Waals surface area contributed by atoms with E-state index in [1.165, 1.54) is 18.3 Å². The van der Waals surface area contributed by atoms with Gasteiger partial charge in [-0.2, -0.15) is 0 Å². The molecule has 1 aromatic heterocycles. The molecule has 0 atom stereocenters. The Morgan fingerprint density at radius 2 is 2.24 bits per heavy atom. The molecule has 2 N–H and O–H groups in total. The Kier molecular flexibility index (Phi) is 4.60. The number of sulfonamides is 1. The van der Waals surface area contributed by atoms with Crippen molar-refractivity contribution in [3.05, 3.63) is 24.0 Å². The molecule has 21 heavy (non-hydrogen) atoms. The number of aromatic carboxylic acids is 1. The predicted octanol–water partition coefficient (Wildman–Crippen LogP) is 1.02. The number of carboxylic acids is 1. The summed E-state index contributed by atoms with van der Waals surface area (Å²) in [5.74, 6) is -1.37. The summed E-state index contributed by atoms with van der Waals surface area (Å²) in [7, 11) is -2.37. The lowest BCUT2D eigenvalue weighted by atomic mass is 9.75. The second kappa shape index (κ2) is 6.08.